The maximum absolute atomic E-state index is 13.5. The number of amides is 1. The van der Waals surface area contributed by atoms with Gasteiger partial charge in [-0.15, -0.1) is 0 Å². The molecular formula is C27H30N2O5S. The van der Waals surface area contributed by atoms with E-state index < -0.39 is 28.3 Å². The van der Waals surface area contributed by atoms with Crippen molar-refractivity contribution in [3.63, 3.8) is 0 Å². The van der Waals surface area contributed by atoms with Crippen LogP contribution in [0.1, 0.15) is 18.1 Å². The minimum Gasteiger partial charge on any atom is -0.410 e. The third-order valence-electron chi connectivity index (χ3n) is 6.08. The number of sulfonamides is 1. The van der Waals surface area contributed by atoms with Crippen LogP contribution in [0, 0.1) is 5.92 Å². The molecule has 8 heteroatoms. The molecule has 0 saturated heterocycles. The molecule has 0 saturated carbocycles. The van der Waals surface area contributed by atoms with Gasteiger partial charge in [0.2, 0.25) is 10.0 Å². The summed E-state index contributed by atoms with van der Waals surface area (Å²) in [6.45, 7) is 2.12. The number of hydrogen-bond donors (Lipinski definition) is 2. The van der Waals surface area contributed by atoms with Crippen molar-refractivity contribution >= 4 is 16.1 Å². The predicted molar refractivity (Wildman–Crippen MR) is 134 cm³/mol. The summed E-state index contributed by atoms with van der Waals surface area (Å²) in [7, 11) is -3.80. The van der Waals surface area contributed by atoms with Crippen molar-refractivity contribution in [3.8, 4) is 5.75 Å². The quantitative estimate of drug-likeness (QED) is 0.523. The van der Waals surface area contributed by atoms with Gasteiger partial charge in [-0.25, -0.2) is 13.2 Å². The summed E-state index contributed by atoms with van der Waals surface area (Å²) in [5.74, 6) is 0.447. The highest BCUT2D eigenvalue weighted by atomic mass is 32.2. The smallest absolute Gasteiger partial charge is 0.410 e. The third-order valence-corrected chi connectivity index (χ3v) is 8.02. The molecule has 184 valence electrons. The summed E-state index contributed by atoms with van der Waals surface area (Å²) in [4.78, 5) is 12.9. The normalized spacial score (nSPS) is 19.1. The molecule has 4 rings (SSSR count). The second kappa shape index (κ2) is 11.0. The van der Waals surface area contributed by atoms with Gasteiger partial charge < -0.3 is 15.2 Å². The molecule has 3 aromatic carbocycles. The molecule has 0 aromatic heterocycles. The summed E-state index contributed by atoms with van der Waals surface area (Å²) in [6.07, 6.45) is -0.928. The highest BCUT2D eigenvalue weighted by Crippen LogP contribution is 2.28. The van der Waals surface area contributed by atoms with E-state index in [0.29, 0.717) is 18.6 Å². The van der Waals surface area contributed by atoms with Crippen molar-refractivity contribution in [2.24, 2.45) is 5.92 Å². The molecule has 7 nitrogen and oxygen atoms in total. The lowest BCUT2D eigenvalue weighted by molar-refractivity contribution is 0.0991. The van der Waals surface area contributed by atoms with Gasteiger partial charge in [0.15, 0.2) is 0 Å². The van der Waals surface area contributed by atoms with Gasteiger partial charge in [0, 0.05) is 13.1 Å². The standard InChI is InChI=1S/C27H30N2O5S/c1-20-16-22-12-8-9-15-26(22)35(32,33)29(18-20)19-25(30)24(17-21-10-4-2-5-11-21)28-27(31)34-23-13-6-3-7-14-23/h2-15,20,24-25,30H,16-19H2,1H3,(H,28,31)/t20-,24+,25-/m1/s1. The highest BCUT2D eigenvalue weighted by molar-refractivity contribution is 7.89. The van der Waals surface area contributed by atoms with Crippen molar-refractivity contribution in [1.29, 1.82) is 0 Å². The third kappa shape index (κ3) is 6.28. The lowest BCUT2D eigenvalue weighted by Gasteiger charge is -2.29. The van der Waals surface area contributed by atoms with Gasteiger partial charge in [0.25, 0.3) is 0 Å². The molecule has 0 radical (unpaired) electrons. The SMILES string of the molecule is C[C@@H]1Cc2ccccc2S(=O)(=O)N(C[C@@H](O)[C@H](Cc2ccccc2)NC(=O)Oc2ccccc2)C1. The largest absolute Gasteiger partial charge is 0.412 e. The number of aliphatic hydroxyl groups is 1. The van der Waals surface area contributed by atoms with Gasteiger partial charge in [-0.3, -0.25) is 0 Å². The number of fused-ring (bicyclic) bond motifs is 1. The Bertz CT molecular complexity index is 1230. The molecule has 3 atom stereocenters. The number of carbonyl (C=O) groups is 1. The van der Waals surface area contributed by atoms with E-state index >= 15 is 0 Å². The number of carbonyl (C=O) groups excluding carboxylic acids is 1. The maximum atomic E-state index is 13.5. The van der Waals surface area contributed by atoms with Crippen LogP contribution in [0.2, 0.25) is 0 Å². The Morgan fingerprint density at radius 1 is 1.03 bits per heavy atom. The van der Waals surface area contributed by atoms with Gasteiger partial charge >= 0.3 is 6.09 Å². The van der Waals surface area contributed by atoms with Crippen molar-refractivity contribution < 1.29 is 23.1 Å². The van der Waals surface area contributed by atoms with E-state index in [4.69, 9.17) is 4.74 Å². The van der Waals surface area contributed by atoms with Crippen molar-refractivity contribution in [2.45, 2.75) is 36.8 Å². The zero-order valence-electron chi connectivity index (χ0n) is 19.6. The van der Waals surface area contributed by atoms with Crippen LogP contribution < -0.4 is 10.1 Å². The lowest BCUT2D eigenvalue weighted by Crippen LogP contribution is -2.51. The van der Waals surface area contributed by atoms with Crippen LogP contribution in [0.3, 0.4) is 0 Å². The van der Waals surface area contributed by atoms with Gasteiger partial charge in [-0.05, 0) is 48.1 Å². The van der Waals surface area contributed by atoms with E-state index in [-0.39, 0.29) is 23.9 Å². The second-order valence-corrected chi connectivity index (χ2v) is 10.9. The molecule has 0 fully saturated rings. The fraction of sp³-hybridized carbons (Fsp3) is 0.296. The van der Waals surface area contributed by atoms with Crippen LogP contribution in [0.15, 0.2) is 89.8 Å². The predicted octanol–water partition coefficient (Wildman–Crippen LogP) is 3.63. The molecule has 35 heavy (non-hydrogen) atoms. The van der Waals surface area contributed by atoms with Gasteiger partial charge in [0.05, 0.1) is 17.0 Å². The van der Waals surface area contributed by atoms with Crippen LogP contribution >= 0.6 is 0 Å². The molecule has 0 aliphatic carbocycles. The van der Waals surface area contributed by atoms with E-state index in [0.717, 1.165) is 11.1 Å². The summed E-state index contributed by atoms with van der Waals surface area (Å²) in [5.41, 5.74) is 1.68. The highest BCUT2D eigenvalue weighted by Gasteiger charge is 2.35. The van der Waals surface area contributed by atoms with Crippen molar-refractivity contribution in [1.82, 2.24) is 9.62 Å². The minimum atomic E-state index is -3.80. The number of hydrogen-bond acceptors (Lipinski definition) is 5. The number of rotatable bonds is 7. The zero-order chi connectivity index (χ0) is 24.8. The molecule has 0 unspecified atom stereocenters. The van der Waals surface area contributed by atoms with E-state index in [1.807, 2.05) is 55.5 Å². The molecule has 2 N–H and O–H groups in total. The Labute approximate surface area is 206 Å². The Morgan fingerprint density at radius 3 is 2.37 bits per heavy atom. The van der Waals surface area contributed by atoms with E-state index in [1.165, 1.54) is 4.31 Å². The van der Waals surface area contributed by atoms with Crippen LogP contribution in [-0.4, -0.2) is 49.2 Å². The monoisotopic (exact) mass is 494 g/mol. The first-order valence-electron chi connectivity index (χ1n) is 11.7. The molecule has 0 spiro atoms. The number of nitrogens with zero attached hydrogens (tertiary/aromatic N) is 1. The molecule has 1 amide bonds. The van der Waals surface area contributed by atoms with Crippen LogP contribution in [0.25, 0.3) is 0 Å². The lowest BCUT2D eigenvalue weighted by atomic mass is 10.00. The zero-order valence-corrected chi connectivity index (χ0v) is 20.4. The summed E-state index contributed by atoms with van der Waals surface area (Å²) in [5, 5.41) is 14.0. The fourth-order valence-corrected chi connectivity index (χ4v) is 6.20. The fourth-order valence-electron chi connectivity index (χ4n) is 4.39. The van der Waals surface area contributed by atoms with E-state index in [2.05, 4.69) is 5.32 Å². The first-order valence-corrected chi connectivity index (χ1v) is 13.1. The second-order valence-electron chi connectivity index (χ2n) is 8.95. The summed E-state index contributed by atoms with van der Waals surface area (Å²) >= 11 is 0. The number of aliphatic hydroxyl groups excluding tert-OH is 1. The van der Waals surface area contributed by atoms with Gasteiger partial charge in [-0.1, -0.05) is 73.7 Å². The topological polar surface area (TPSA) is 95.9 Å². The average molecular weight is 495 g/mol. The Hall–Kier alpha value is -3.20. The first-order chi connectivity index (χ1) is 16.8. The number of para-hydroxylation sites is 1. The molecular weight excluding hydrogens is 464 g/mol. The summed E-state index contributed by atoms with van der Waals surface area (Å²) < 4.78 is 33.6. The van der Waals surface area contributed by atoms with Crippen LogP contribution in [0.5, 0.6) is 5.75 Å². The molecule has 0 bridgehead atoms. The van der Waals surface area contributed by atoms with Crippen LogP contribution in [0.4, 0.5) is 4.79 Å². The molecule has 1 aliphatic rings. The molecule has 1 aliphatic heterocycles. The number of ether oxygens (including phenoxy) is 1. The molecule has 1 heterocycles. The number of nitrogens with one attached hydrogen (secondary N) is 1. The first kappa shape index (κ1) is 24.9. The molecule has 3 aromatic rings. The Morgan fingerprint density at radius 2 is 1.66 bits per heavy atom. The Kier molecular flexibility index (Phi) is 7.85. The van der Waals surface area contributed by atoms with Gasteiger partial charge in [-0.2, -0.15) is 4.31 Å². The Balaban J connectivity index is 1.55. The van der Waals surface area contributed by atoms with E-state index in [1.54, 1.807) is 36.4 Å². The van der Waals surface area contributed by atoms with Crippen molar-refractivity contribution in [2.75, 3.05) is 13.1 Å². The minimum absolute atomic E-state index is 0.0733. The van der Waals surface area contributed by atoms with Crippen LogP contribution in [-0.2, 0) is 22.9 Å². The summed E-state index contributed by atoms with van der Waals surface area (Å²) in [6, 6.07) is 24.3. The number of benzene rings is 3. The van der Waals surface area contributed by atoms with Gasteiger partial charge in [0.1, 0.15) is 5.75 Å². The van der Waals surface area contributed by atoms with E-state index in [9.17, 15) is 18.3 Å². The number of β-amino-alcohol motifs (C(OH)–C–C–N with tert-alkyl or cyclic N) is 1. The van der Waals surface area contributed by atoms with Crippen molar-refractivity contribution in [3.05, 3.63) is 96.1 Å². The average Bonchev–Trinajstić information content (AvgIpc) is 2.93. The maximum Gasteiger partial charge on any atom is 0.412 e.